The lowest BCUT2D eigenvalue weighted by molar-refractivity contribution is -0.117. The van der Waals surface area contributed by atoms with Crippen molar-refractivity contribution >= 4 is 29.2 Å². The molecule has 2 N–H and O–H groups in total. The normalized spacial score (nSPS) is 9.47. The number of amides is 3. The molecule has 0 aliphatic heterocycles. The van der Waals surface area contributed by atoms with Crippen LogP contribution in [0.2, 0.25) is 0 Å². The van der Waals surface area contributed by atoms with Crippen molar-refractivity contribution in [3.8, 4) is 0 Å². The zero-order valence-electron chi connectivity index (χ0n) is 8.21. The van der Waals surface area contributed by atoms with Crippen molar-refractivity contribution in [1.29, 1.82) is 0 Å². The Hall–Kier alpha value is -1.55. The number of benzene rings is 1. The molecule has 0 aliphatic carbocycles. The van der Waals surface area contributed by atoms with Crippen molar-refractivity contribution in [1.82, 2.24) is 5.32 Å². The number of halogens is 1. The first-order chi connectivity index (χ1) is 7.11. The van der Waals surface area contributed by atoms with Crippen LogP contribution in [0.1, 0.15) is 5.56 Å². The third-order valence-corrected chi connectivity index (χ3v) is 1.93. The number of hydrogen-bond acceptors (Lipinski definition) is 2. The molecule has 1 aromatic rings. The molecule has 0 spiro atoms. The molecule has 0 fully saturated rings. The summed E-state index contributed by atoms with van der Waals surface area (Å²) in [6.07, 6.45) is 0. The number of carbonyl (C=O) groups excluding carboxylic acids is 2. The number of imide groups is 1. The smallest absolute Gasteiger partial charge is 0.308 e. The van der Waals surface area contributed by atoms with E-state index in [4.69, 9.17) is 11.6 Å². The summed E-state index contributed by atoms with van der Waals surface area (Å²) in [7, 11) is 0. The van der Waals surface area contributed by atoms with Crippen LogP contribution < -0.4 is 10.6 Å². The number of nitrogens with one attached hydrogen (secondary N) is 2. The Morgan fingerprint density at radius 2 is 1.87 bits per heavy atom. The van der Waals surface area contributed by atoms with Crippen LogP contribution >= 0.6 is 11.6 Å². The van der Waals surface area contributed by atoms with E-state index in [1.54, 1.807) is 12.1 Å². The van der Waals surface area contributed by atoms with Crippen LogP contribution in [0.4, 0.5) is 10.5 Å². The van der Waals surface area contributed by atoms with E-state index in [1.807, 2.05) is 19.1 Å². The van der Waals surface area contributed by atoms with Crippen molar-refractivity contribution < 1.29 is 9.59 Å². The zero-order chi connectivity index (χ0) is 11.3. The van der Waals surface area contributed by atoms with E-state index in [0.717, 1.165) is 5.56 Å². The van der Waals surface area contributed by atoms with Gasteiger partial charge in [0.25, 0.3) is 0 Å². The van der Waals surface area contributed by atoms with Gasteiger partial charge in [-0.05, 0) is 19.1 Å². The first kappa shape index (κ1) is 11.5. The van der Waals surface area contributed by atoms with Gasteiger partial charge in [0.1, 0.15) is 5.88 Å². The second-order valence-corrected chi connectivity index (χ2v) is 3.27. The Bertz CT molecular complexity index is 362. The molecule has 1 rings (SSSR count). The Labute approximate surface area is 92.6 Å². The summed E-state index contributed by atoms with van der Waals surface area (Å²) in [5, 5.41) is 4.58. The molecule has 4 nitrogen and oxygen atoms in total. The monoisotopic (exact) mass is 226 g/mol. The highest BCUT2D eigenvalue weighted by atomic mass is 35.5. The molecular weight excluding hydrogens is 216 g/mol. The topological polar surface area (TPSA) is 58.2 Å². The van der Waals surface area contributed by atoms with Crippen LogP contribution in [-0.2, 0) is 4.79 Å². The molecule has 0 heterocycles. The molecule has 0 saturated carbocycles. The van der Waals surface area contributed by atoms with Crippen molar-refractivity contribution in [3.05, 3.63) is 29.8 Å². The summed E-state index contributed by atoms with van der Waals surface area (Å²) in [5.74, 6) is -0.761. The van der Waals surface area contributed by atoms with E-state index >= 15 is 0 Å². The zero-order valence-corrected chi connectivity index (χ0v) is 8.97. The molecule has 15 heavy (non-hydrogen) atoms. The molecule has 80 valence electrons. The fourth-order valence-electron chi connectivity index (χ4n) is 0.959. The Morgan fingerprint density at radius 3 is 2.40 bits per heavy atom. The summed E-state index contributed by atoms with van der Waals surface area (Å²) >= 11 is 5.23. The quantitative estimate of drug-likeness (QED) is 0.757. The molecule has 0 radical (unpaired) electrons. The minimum atomic E-state index is -0.579. The maximum absolute atomic E-state index is 11.2. The highest BCUT2D eigenvalue weighted by molar-refractivity contribution is 6.28. The minimum Gasteiger partial charge on any atom is -0.308 e. The third kappa shape index (κ3) is 3.99. The lowest BCUT2D eigenvalue weighted by atomic mass is 10.2. The van der Waals surface area contributed by atoms with E-state index < -0.39 is 11.9 Å². The SMILES string of the molecule is Cc1ccc(NC(=O)NC(=O)CCl)cc1. The molecule has 0 aromatic heterocycles. The number of carbonyl (C=O) groups is 2. The largest absolute Gasteiger partial charge is 0.325 e. The Balaban J connectivity index is 2.51. The molecule has 0 atom stereocenters. The van der Waals surface area contributed by atoms with Crippen LogP contribution in [-0.4, -0.2) is 17.8 Å². The summed E-state index contributed by atoms with van der Waals surface area (Å²) in [6, 6.07) is 6.64. The summed E-state index contributed by atoms with van der Waals surface area (Å²) in [6.45, 7) is 1.95. The van der Waals surface area contributed by atoms with Gasteiger partial charge in [0.05, 0.1) is 0 Å². The van der Waals surface area contributed by atoms with E-state index in [9.17, 15) is 9.59 Å². The van der Waals surface area contributed by atoms with Crippen LogP contribution in [0.25, 0.3) is 0 Å². The number of anilines is 1. The van der Waals surface area contributed by atoms with Crippen LogP contribution in [0.3, 0.4) is 0 Å². The second kappa shape index (κ2) is 5.36. The highest BCUT2D eigenvalue weighted by Crippen LogP contribution is 2.07. The van der Waals surface area contributed by atoms with Gasteiger partial charge in [-0.3, -0.25) is 10.1 Å². The third-order valence-electron chi connectivity index (χ3n) is 1.68. The summed E-state index contributed by atoms with van der Waals surface area (Å²) < 4.78 is 0. The van der Waals surface area contributed by atoms with Gasteiger partial charge in [-0.1, -0.05) is 17.7 Å². The van der Waals surface area contributed by atoms with Gasteiger partial charge in [0.2, 0.25) is 5.91 Å². The second-order valence-electron chi connectivity index (χ2n) is 3.00. The number of alkyl halides is 1. The number of urea groups is 1. The van der Waals surface area contributed by atoms with Crippen molar-refractivity contribution in [2.45, 2.75) is 6.92 Å². The fraction of sp³-hybridized carbons (Fsp3) is 0.200. The van der Waals surface area contributed by atoms with E-state index in [2.05, 4.69) is 10.6 Å². The molecule has 0 unspecified atom stereocenters. The van der Waals surface area contributed by atoms with E-state index in [1.165, 1.54) is 0 Å². The van der Waals surface area contributed by atoms with Crippen molar-refractivity contribution in [2.75, 3.05) is 11.2 Å². The van der Waals surface area contributed by atoms with E-state index in [0.29, 0.717) is 5.69 Å². The number of hydrogen-bond donors (Lipinski definition) is 2. The van der Waals surface area contributed by atoms with Crippen LogP contribution in [0.5, 0.6) is 0 Å². The molecular formula is C10H11ClN2O2. The average Bonchev–Trinajstić information content (AvgIpc) is 2.21. The molecule has 5 heteroatoms. The predicted octanol–water partition coefficient (Wildman–Crippen LogP) is 1.88. The number of rotatable bonds is 2. The van der Waals surface area contributed by atoms with Gasteiger partial charge in [-0.25, -0.2) is 4.79 Å². The van der Waals surface area contributed by atoms with Gasteiger partial charge in [-0.2, -0.15) is 0 Å². The fourth-order valence-corrected chi connectivity index (χ4v) is 1.03. The van der Waals surface area contributed by atoms with Crippen molar-refractivity contribution in [3.63, 3.8) is 0 Å². The van der Waals surface area contributed by atoms with Gasteiger partial charge in [0.15, 0.2) is 0 Å². The molecule has 3 amide bonds. The van der Waals surface area contributed by atoms with Gasteiger partial charge >= 0.3 is 6.03 Å². The molecule has 1 aromatic carbocycles. The molecule has 0 saturated heterocycles. The first-order valence-corrected chi connectivity index (χ1v) is 4.88. The maximum atomic E-state index is 11.2. The van der Waals surface area contributed by atoms with Crippen molar-refractivity contribution in [2.24, 2.45) is 0 Å². The minimum absolute atomic E-state index is 0.235. The summed E-state index contributed by atoms with van der Waals surface area (Å²) in [4.78, 5) is 21.9. The molecule has 0 bridgehead atoms. The van der Waals surface area contributed by atoms with Crippen LogP contribution in [0, 0.1) is 6.92 Å². The highest BCUT2D eigenvalue weighted by Gasteiger charge is 2.05. The standard InChI is InChI=1S/C10H11ClN2O2/c1-7-2-4-8(5-3-7)12-10(15)13-9(14)6-11/h2-5H,6H2,1H3,(H2,12,13,14,15). The lowest BCUT2D eigenvalue weighted by Crippen LogP contribution is -2.35. The maximum Gasteiger partial charge on any atom is 0.325 e. The Kier molecular flexibility index (Phi) is 4.12. The predicted molar refractivity (Wildman–Crippen MR) is 59.1 cm³/mol. The summed E-state index contributed by atoms with van der Waals surface area (Å²) in [5.41, 5.74) is 1.72. The van der Waals surface area contributed by atoms with Gasteiger partial charge in [0, 0.05) is 5.69 Å². The Morgan fingerprint density at radius 1 is 1.27 bits per heavy atom. The first-order valence-electron chi connectivity index (χ1n) is 4.35. The lowest BCUT2D eigenvalue weighted by Gasteiger charge is -2.05. The van der Waals surface area contributed by atoms with Gasteiger partial charge < -0.3 is 5.32 Å². The molecule has 0 aliphatic rings. The van der Waals surface area contributed by atoms with Crippen LogP contribution in [0.15, 0.2) is 24.3 Å². The van der Waals surface area contributed by atoms with Gasteiger partial charge in [-0.15, -0.1) is 11.6 Å². The number of aryl methyl sites for hydroxylation is 1. The average molecular weight is 227 g/mol. The van der Waals surface area contributed by atoms with E-state index in [-0.39, 0.29) is 5.88 Å².